The van der Waals surface area contributed by atoms with Crippen molar-refractivity contribution >= 4 is 15.9 Å². The first-order valence-corrected chi connectivity index (χ1v) is 4.40. The molecule has 0 bridgehead atoms. The van der Waals surface area contributed by atoms with E-state index in [-0.39, 0.29) is 0 Å². The van der Waals surface area contributed by atoms with Crippen molar-refractivity contribution in [3.8, 4) is 5.75 Å². The van der Waals surface area contributed by atoms with E-state index in [1.165, 1.54) is 0 Å². The van der Waals surface area contributed by atoms with E-state index in [0.29, 0.717) is 0 Å². The number of aromatic nitrogens is 1. The quantitative estimate of drug-likeness (QED) is 0.857. The molecule has 1 rings (SSSR count). The molecule has 0 saturated heterocycles. The van der Waals surface area contributed by atoms with Crippen LogP contribution in [0, 0.1) is 0 Å². The van der Waals surface area contributed by atoms with Gasteiger partial charge < -0.3 is 10.1 Å². The van der Waals surface area contributed by atoms with Crippen LogP contribution in [0.15, 0.2) is 16.9 Å². The van der Waals surface area contributed by atoms with Crippen LogP contribution < -0.4 is 10.1 Å². The second-order valence-corrected chi connectivity index (χ2v) is 3.19. The molecule has 0 atom stereocenters. The smallest absolute Gasteiger partial charge is 0.142 e. The third-order valence-corrected chi connectivity index (χ3v) is 2.22. The van der Waals surface area contributed by atoms with E-state index in [1.54, 1.807) is 19.5 Å². The van der Waals surface area contributed by atoms with E-state index < -0.39 is 0 Å². The number of hydrogen-bond acceptors (Lipinski definition) is 3. The fourth-order valence-electron chi connectivity index (χ4n) is 0.968. The number of nitrogens with zero attached hydrogens (tertiary/aromatic N) is 1. The summed E-state index contributed by atoms with van der Waals surface area (Å²) in [4.78, 5) is 4.00. The third-order valence-electron chi connectivity index (χ3n) is 1.54. The van der Waals surface area contributed by atoms with Crippen LogP contribution in [0.5, 0.6) is 5.75 Å². The van der Waals surface area contributed by atoms with Crippen LogP contribution in [0.3, 0.4) is 0 Å². The monoisotopic (exact) mass is 230 g/mol. The number of rotatable bonds is 3. The zero-order valence-corrected chi connectivity index (χ0v) is 8.68. The number of hydrogen-bond donors (Lipinski definition) is 1. The fourth-order valence-corrected chi connectivity index (χ4v) is 1.42. The Morgan fingerprint density at radius 1 is 1.58 bits per heavy atom. The Bertz CT molecular complexity index is 265. The Labute approximate surface area is 80.3 Å². The van der Waals surface area contributed by atoms with Crippen LogP contribution in [0.1, 0.15) is 5.56 Å². The van der Waals surface area contributed by atoms with E-state index in [1.807, 2.05) is 7.05 Å². The van der Waals surface area contributed by atoms with Crippen molar-refractivity contribution in [2.45, 2.75) is 6.54 Å². The molecule has 0 saturated carbocycles. The van der Waals surface area contributed by atoms with Gasteiger partial charge in [0.15, 0.2) is 0 Å². The Hall–Kier alpha value is -0.610. The Morgan fingerprint density at radius 2 is 2.33 bits per heavy atom. The summed E-state index contributed by atoms with van der Waals surface area (Å²) in [7, 11) is 3.54. The van der Waals surface area contributed by atoms with Gasteiger partial charge in [0, 0.05) is 22.8 Å². The van der Waals surface area contributed by atoms with Crippen molar-refractivity contribution in [1.82, 2.24) is 10.3 Å². The highest BCUT2D eigenvalue weighted by molar-refractivity contribution is 9.10. The maximum absolute atomic E-state index is 5.15. The molecule has 0 aliphatic rings. The maximum Gasteiger partial charge on any atom is 0.142 e. The summed E-state index contributed by atoms with van der Waals surface area (Å²) in [6.07, 6.45) is 3.46. The first-order valence-electron chi connectivity index (χ1n) is 3.60. The summed E-state index contributed by atoms with van der Waals surface area (Å²) in [6, 6.07) is 0. The number of nitrogens with one attached hydrogen (secondary N) is 1. The summed E-state index contributed by atoms with van der Waals surface area (Å²) in [6.45, 7) is 0.770. The van der Waals surface area contributed by atoms with Crippen LogP contribution in [0.4, 0.5) is 0 Å². The standard InChI is InChI=1S/C8H11BrN2O/c1-10-3-6-7(9)4-11-5-8(6)12-2/h4-5,10H,3H2,1-2H3. The molecule has 0 aliphatic heterocycles. The Kier molecular flexibility index (Phi) is 3.49. The molecule has 0 amide bonds. The minimum Gasteiger partial charge on any atom is -0.495 e. The molecule has 12 heavy (non-hydrogen) atoms. The Balaban J connectivity index is 3.02. The number of pyridine rings is 1. The van der Waals surface area contributed by atoms with Gasteiger partial charge in [-0.15, -0.1) is 0 Å². The molecule has 1 aromatic heterocycles. The largest absolute Gasteiger partial charge is 0.495 e. The molecule has 0 aromatic carbocycles. The van der Waals surface area contributed by atoms with Crippen molar-refractivity contribution in [1.29, 1.82) is 0 Å². The van der Waals surface area contributed by atoms with E-state index in [9.17, 15) is 0 Å². The highest BCUT2D eigenvalue weighted by Gasteiger charge is 2.05. The Morgan fingerprint density at radius 3 is 2.92 bits per heavy atom. The molecule has 66 valence electrons. The summed E-state index contributed by atoms with van der Waals surface area (Å²) in [5.74, 6) is 0.804. The minimum atomic E-state index is 0.770. The number of ether oxygens (including phenoxy) is 1. The van der Waals surface area contributed by atoms with Crippen molar-refractivity contribution in [2.75, 3.05) is 14.2 Å². The van der Waals surface area contributed by atoms with Crippen LogP contribution in [-0.2, 0) is 6.54 Å². The lowest BCUT2D eigenvalue weighted by molar-refractivity contribution is 0.406. The summed E-state index contributed by atoms with van der Waals surface area (Å²) in [5.41, 5.74) is 1.09. The molecule has 0 fully saturated rings. The van der Waals surface area contributed by atoms with Crippen molar-refractivity contribution in [3.05, 3.63) is 22.4 Å². The van der Waals surface area contributed by atoms with Gasteiger partial charge in [-0.05, 0) is 23.0 Å². The van der Waals surface area contributed by atoms with Gasteiger partial charge in [0.2, 0.25) is 0 Å². The van der Waals surface area contributed by atoms with E-state index in [0.717, 1.165) is 22.3 Å². The van der Waals surface area contributed by atoms with Gasteiger partial charge >= 0.3 is 0 Å². The van der Waals surface area contributed by atoms with E-state index in [4.69, 9.17) is 4.74 Å². The molecule has 3 nitrogen and oxygen atoms in total. The van der Waals surface area contributed by atoms with Crippen LogP contribution in [0.2, 0.25) is 0 Å². The molecule has 0 unspecified atom stereocenters. The first kappa shape index (κ1) is 9.48. The molecule has 0 aliphatic carbocycles. The number of halogens is 1. The second kappa shape index (κ2) is 4.42. The van der Waals surface area contributed by atoms with Gasteiger partial charge in [-0.2, -0.15) is 0 Å². The lowest BCUT2D eigenvalue weighted by Crippen LogP contribution is -2.07. The molecule has 4 heteroatoms. The predicted octanol–water partition coefficient (Wildman–Crippen LogP) is 1.57. The van der Waals surface area contributed by atoms with Gasteiger partial charge in [-0.25, -0.2) is 0 Å². The SMILES string of the molecule is CNCc1c(Br)cncc1OC. The van der Waals surface area contributed by atoms with Crippen LogP contribution in [-0.4, -0.2) is 19.1 Å². The van der Waals surface area contributed by atoms with Gasteiger partial charge in [0.1, 0.15) is 5.75 Å². The number of methoxy groups -OCH3 is 1. The van der Waals surface area contributed by atoms with Gasteiger partial charge in [-0.3, -0.25) is 4.98 Å². The highest BCUT2D eigenvalue weighted by Crippen LogP contribution is 2.24. The van der Waals surface area contributed by atoms with Crippen molar-refractivity contribution in [3.63, 3.8) is 0 Å². The second-order valence-electron chi connectivity index (χ2n) is 2.33. The molecular formula is C8H11BrN2O. The van der Waals surface area contributed by atoms with Gasteiger partial charge in [0.25, 0.3) is 0 Å². The van der Waals surface area contributed by atoms with Gasteiger partial charge in [-0.1, -0.05) is 0 Å². The summed E-state index contributed by atoms with van der Waals surface area (Å²) < 4.78 is 6.11. The maximum atomic E-state index is 5.15. The van der Waals surface area contributed by atoms with E-state index >= 15 is 0 Å². The lowest BCUT2D eigenvalue weighted by Gasteiger charge is -2.08. The topological polar surface area (TPSA) is 34.2 Å². The normalized spacial score (nSPS) is 9.92. The van der Waals surface area contributed by atoms with Crippen LogP contribution in [0.25, 0.3) is 0 Å². The first-order chi connectivity index (χ1) is 5.79. The minimum absolute atomic E-state index is 0.770. The predicted molar refractivity (Wildman–Crippen MR) is 51.3 cm³/mol. The highest BCUT2D eigenvalue weighted by atomic mass is 79.9. The van der Waals surface area contributed by atoms with Crippen molar-refractivity contribution in [2.24, 2.45) is 0 Å². The third kappa shape index (κ3) is 1.95. The zero-order chi connectivity index (χ0) is 8.97. The fraction of sp³-hybridized carbons (Fsp3) is 0.375. The summed E-state index contributed by atoms with van der Waals surface area (Å²) in [5, 5.41) is 3.06. The average molecular weight is 231 g/mol. The zero-order valence-electron chi connectivity index (χ0n) is 7.10. The molecule has 0 radical (unpaired) electrons. The molecular weight excluding hydrogens is 220 g/mol. The average Bonchev–Trinajstić information content (AvgIpc) is 2.09. The van der Waals surface area contributed by atoms with E-state index in [2.05, 4.69) is 26.2 Å². The summed E-state index contributed by atoms with van der Waals surface area (Å²) >= 11 is 3.41. The van der Waals surface area contributed by atoms with Crippen LogP contribution >= 0.6 is 15.9 Å². The van der Waals surface area contributed by atoms with Gasteiger partial charge in [0.05, 0.1) is 13.3 Å². The molecule has 1 heterocycles. The molecule has 0 spiro atoms. The van der Waals surface area contributed by atoms with Crippen molar-refractivity contribution < 1.29 is 4.74 Å². The lowest BCUT2D eigenvalue weighted by atomic mass is 10.2. The molecule has 1 N–H and O–H groups in total. The molecule has 1 aromatic rings.